The van der Waals surface area contributed by atoms with E-state index in [1.54, 1.807) is 45.2 Å². The maximum absolute atomic E-state index is 14.1. The van der Waals surface area contributed by atoms with Crippen molar-refractivity contribution in [1.29, 1.82) is 0 Å². The molecule has 0 radical (unpaired) electrons. The average Bonchev–Trinajstić information content (AvgIpc) is 3.46. The van der Waals surface area contributed by atoms with Gasteiger partial charge in [-0.15, -0.1) is 0 Å². The summed E-state index contributed by atoms with van der Waals surface area (Å²) in [5.74, 6) is -1.75. The van der Waals surface area contributed by atoms with Gasteiger partial charge in [0, 0.05) is 42.7 Å². The highest BCUT2D eigenvalue weighted by Crippen LogP contribution is 2.29. The number of amides is 3. The molecule has 0 bridgehead atoms. The molecule has 12 nitrogen and oxygen atoms in total. The Balaban J connectivity index is 1.66. The number of unbranched alkanes of at least 4 members (excludes halogenated alkanes) is 1. The Morgan fingerprint density at radius 3 is 2.43 bits per heavy atom. The van der Waals surface area contributed by atoms with E-state index in [1.807, 2.05) is 31.2 Å². The topological polar surface area (TPSA) is 176 Å². The summed E-state index contributed by atoms with van der Waals surface area (Å²) in [7, 11) is -3.94. The third-order valence-corrected chi connectivity index (χ3v) is 10.1. The number of H-pyrrole nitrogens is 1. The number of nitrogens with two attached hydrogens (primary N) is 1. The lowest BCUT2D eigenvalue weighted by atomic mass is 9.92. The lowest BCUT2D eigenvalue weighted by molar-refractivity contribution is -0.159. The second kappa shape index (κ2) is 15.1. The van der Waals surface area contributed by atoms with Crippen LogP contribution < -0.4 is 21.7 Å². The molecule has 2 heterocycles. The summed E-state index contributed by atoms with van der Waals surface area (Å²) in [6.07, 6.45) is 3.33. The van der Waals surface area contributed by atoms with E-state index in [4.69, 9.17) is 10.5 Å². The number of carbonyl (C=O) groups excluding carboxylic acids is 3. The Labute approximate surface area is 270 Å². The number of fused-ring (bicyclic) bond motifs is 1. The molecule has 250 valence electrons. The maximum Gasteiger partial charge on any atom is 0.329 e. The molecule has 1 aromatic heterocycles. The minimum atomic E-state index is -3.94. The molecule has 4 unspecified atom stereocenters. The molecule has 0 saturated carbocycles. The van der Waals surface area contributed by atoms with Crippen LogP contribution in [0.15, 0.2) is 65.7 Å². The first-order valence-electron chi connectivity index (χ1n) is 15.7. The van der Waals surface area contributed by atoms with E-state index < -0.39 is 56.7 Å². The zero-order valence-corrected chi connectivity index (χ0v) is 27.7. The van der Waals surface area contributed by atoms with Gasteiger partial charge in [-0.1, -0.05) is 43.3 Å². The summed E-state index contributed by atoms with van der Waals surface area (Å²) in [6.45, 7) is 8.01. The summed E-state index contributed by atoms with van der Waals surface area (Å²) < 4.78 is 32.9. The fraction of sp³-hybridized carbons (Fsp3) is 0.485. The van der Waals surface area contributed by atoms with Gasteiger partial charge in [-0.2, -0.15) is 0 Å². The summed E-state index contributed by atoms with van der Waals surface area (Å²) in [4.78, 5) is 45.9. The molecule has 1 aliphatic heterocycles. The fourth-order valence-corrected chi connectivity index (χ4v) is 7.34. The van der Waals surface area contributed by atoms with Gasteiger partial charge in [-0.3, -0.25) is 4.79 Å². The van der Waals surface area contributed by atoms with Gasteiger partial charge in [0.25, 0.3) is 0 Å². The highest BCUT2D eigenvalue weighted by atomic mass is 32.2. The second-order valence-corrected chi connectivity index (χ2v) is 14.7. The molecule has 13 heteroatoms. The number of hydrogen-bond donors (Lipinski definition) is 5. The minimum Gasteiger partial charge on any atom is -0.458 e. The van der Waals surface area contributed by atoms with Crippen LogP contribution in [0.1, 0.15) is 58.4 Å². The van der Waals surface area contributed by atoms with E-state index in [-0.39, 0.29) is 18.0 Å². The normalized spacial score (nSPS) is 17.6. The molecular formula is C33H46N6O6S. The molecule has 3 aromatic rings. The number of carbonyl (C=O) groups is 3. The van der Waals surface area contributed by atoms with E-state index in [9.17, 15) is 22.8 Å². The SMILES string of the molecule is CC(c1c[nH]c2ccccc12)C(NC(=O)N1CCNCC1S(=O)(=O)c1ccccc1)C(=O)NC(CCCCN)C(=O)OC(C)(C)C. The van der Waals surface area contributed by atoms with Gasteiger partial charge in [0.05, 0.1) is 4.90 Å². The van der Waals surface area contributed by atoms with Crippen LogP contribution in [0.5, 0.6) is 0 Å². The van der Waals surface area contributed by atoms with Gasteiger partial charge in [0.15, 0.2) is 5.37 Å². The smallest absolute Gasteiger partial charge is 0.329 e. The highest BCUT2D eigenvalue weighted by molar-refractivity contribution is 7.92. The number of nitrogens with zero attached hydrogens (tertiary/aromatic N) is 1. The zero-order chi connectivity index (χ0) is 33.5. The molecule has 0 aliphatic carbocycles. The number of sulfone groups is 1. The first kappa shape index (κ1) is 34.9. The number of ether oxygens (including phenoxy) is 1. The minimum absolute atomic E-state index is 0.0291. The van der Waals surface area contributed by atoms with E-state index in [2.05, 4.69) is 20.9 Å². The lowest BCUT2D eigenvalue weighted by Crippen LogP contribution is -2.62. The number of para-hydroxylation sites is 1. The van der Waals surface area contributed by atoms with Gasteiger partial charge < -0.3 is 36.3 Å². The third kappa shape index (κ3) is 8.45. The lowest BCUT2D eigenvalue weighted by Gasteiger charge is -2.37. The van der Waals surface area contributed by atoms with E-state index in [0.717, 1.165) is 16.5 Å². The van der Waals surface area contributed by atoms with Gasteiger partial charge in [0.2, 0.25) is 15.7 Å². The Hall–Kier alpha value is -3.94. The zero-order valence-electron chi connectivity index (χ0n) is 26.9. The van der Waals surface area contributed by atoms with Crippen LogP contribution in [-0.2, 0) is 24.2 Å². The van der Waals surface area contributed by atoms with Crippen LogP contribution >= 0.6 is 0 Å². The van der Waals surface area contributed by atoms with Crippen molar-refractivity contribution in [1.82, 2.24) is 25.8 Å². The molecular weight excluding hydrogens is 608 g/mol. The fourth-order valence-electron chi connectivity index (χ4n) is 5.62. The van der Waals surface area contributed by atoms with Crippen LogP contribution in [-0.4, -0.2) is 85.4 Å². The van der Waals surface area contributed by atoms with E-state index in [0.29, 0.717) is 32.4 Å². The number of aromatic amines is 1. The number of urea groups is 1. The summed E-state index contributed by atoms with van der Waals surface area (Å²) >= 11 is 0. The number of piperazine rings is 1. The average molecular weight is 655 g/mol. The number of esters is 1. The number of aromatic nitrogens is 1. The van der Waals surface area contributed by atoms with Crippen LogP contribution in [0.4, 0.5) is 4.79 Å². The largest absolute Gasteiger partial charge is 0.458 e. The van der Waals surface area contributed by atoms with Gasteiger partial charge >= 0.3 is 12.0 Å². The van der Waals surface area contributed by atoms with Crippen LogP contribution in [0.2, 0.25) is 0 Å². The number of rotatable bonds is 12. The molecule has 1 saturated heterocycles. The number of benzene rings is 2. The number of hydrogen-bond acceptors (Lipinski definition) is 8. The van der Waals surface area contributed by atoms with Crippen molar-refractivity contribution in [2.24, 2.45) is 5.73 Å². The van der Waals surface area contributed by atoms with Crippen molar-refractivity contribution in [3.05, 3.63) is 66.4 Å². The summed E-state index contributed by atoms with van der Waals surface area (Å²) in [5.41, 5.74) is 6.54. The highest BCUT2D eigenvalue weighted by Gasteiger charge is 2.40. The van der Waals surface area contributed by atoms with Gasteiger partial charge in [0.1, 0.15) is 17.7 Å². The van der Waals surface area contributed by atoms with E-state index >= 15 is 0 Å². The summed E-state index contributed by atoms with van der Waals surface area (Å²) in [5, 5.41) is 8.44. The van der Waals surface area contributed by atoms with Crippen molar-refractivity contribution >= 4 is 38.6 Å². The molecule has 1 aliphatic rings. The number of nitrogens with one attached hydrogen (secondary N) is 4. The molecule has 2 aromatic carbocycles. The first-order valence-corrected chi connectivity index (χ1v) is 17.2. The molecule has 1 fully saturated rings. The van der Waals surface area contributed by atoms with Crippen LogP contribution in [0, 0.1) is 0 Å². The second-order valence-electron chi connectivity index (χ2n) is 12.6. The van der Waals surface area contributed by atoms with Crippen LogP contribution in [0.3, 0.4) is 0 Å². The predicted molar refractivity (Wildman–Crippen MR) is 177 cm³/mol. The molecule has 3 amide bonds. The van der Waals surface area contributed by atoms with Crippen molar-refractivity contribution in [2.75, 3.05) is 26.2 Å². The predicted octanol–water partition coefficient (Wildman–Crippen LogP) is 3.01. The standard InChI is InChI=1S/C33H46N6O6S/c1-22(25-20-36-26-15-9-8-14-24(25)26)29(30(40)37-27(16-10-11-17-34)31(41)45-33(2,3)4)38-32(42)39-19-18-35-21-28(39)46(43,44)23-12-6-5-7-13-23/h5-9,12-15,20,22,27-29,35-36H,10-11,16-19,21,34H2,1-4H3,(H,37,40)(H,38,42). The van der Waals surface area contributed by atoms with Crippen molar-refractivity contribution in [2.45, 2.75) is 80.8 Å². The molecule has 6 N–H and O–H groups in total. The summed E-state index contributed by atoms with van der Waals surface area (Å²) in [6, 6.07) is 12.7. The van der Waals surface area contributed by atoms with Crippen molar-refractivity contribution in [3.8, 4) is 0 Å². The Kier molecular flexibility index (Phi) is 11.5. The maximum atomic E-state index is 14.1. The Morgan fingerprint density at radius 1 is 1.04 bits per heavy atom. The van der Waals surface area contributed by atoms with Crippen molar-refractivity contribution in [3.63, 3.8) is 0 Å². The van der Waals surface area contributed by atoms with E-state index in [1.165, 1.54) is 17.0 Å². The monoisotopic (exact) mass is 654 g/mol. The molecule has 0 spiro atoms. The Morgan fingerprint density at radius 2 is 1.74 bits per heavy atom. The van der Waals surface area contributed by atoms with Crippen molar-refractivity contribution < 1.29 is 27.5 Å². The van der Waals surface area contributed by atoms with Gasteiger partial charge in [-0.05, 0) is 70.3 Å². The first-order chi connectivity index (χ1) is 21.8. The molecule has 4 rings (SSSR count). The molecule has 4 atom stereocenters. The van der Waals surface area contributed by atoms with Crippen LogP contribution in [0.25, 0.3) is 10.9 Å². The van der Waals surface area contributed by atoms with Gasteiger partial charge in [-0.25, -0.2) is 18.0 Å². The quantitative estimate of drug-likeness (QED) is 0.146. The Bertz CT molecular complexity index is 1600. The third-order valence-electron chi connectivity index (χ3n) is 8.01. The molecule has 46 heavy (non-hydrogen) atoms.